The van der Waals surface area contributed by atoms with E-state index in [0.717, 1.165) is 19.3 Å². The van der Waals surface area contributed by atoms with Crippen LogP contribution in [0.4, 0.5) is 0 Å². The van der Waals surface area contributed by atoms with Gasteiger partial charge in [0.25, 0.3) is 5.91 Å². The van der Waals surface area contributed by atoms with Crippen LogP contribution < -0.4 is 0 Å². The van der Waals surface area contributed by atoms with E-state index >= 15 is 0 Å². The Morgan fingerprint density at radius 1 is 1.03 bits per heavy atom. The van der Waals surface area contributed by atoms with Crippen LogP contribution >= 0.6 is 0 Å². The first-order valence-corrected chi connectivity index (χ1v) is 11.1. The minimum absolute atomic E-state index is 0.0213. The predicted molar refractivity (Wildman–Crippen MR) is 112 cm³/mol. The molecule has 1 aromatic rings. The van der Waals surface area contributed by atoms with Crippen LogP contribution in [0.3, 0.4) is 0 Å². The van der Waals surface area contributed by atoms with Crippen LogP contribution in [0.15, 0.2) is 16.7 Å². The highest BCUT2D eigenvalue weighted by atomic mass is 16.5. The highest BCUT2D eigenvalue weighted by Crippen LogP contribution is 2.42. The lowest BCUT2D eigenvalue weighted by Gasteiger charge is -2.39. The molecule has 3 aliphatic rings. The molecule has 2 aliphatic heterocycles. The Kier molecular flexibility index (Phi) is 5.90. The normalized spacial score (nSPS) is 25.1. The van der Waals surface area contributed by atoms with Gasteiger partial charge in [-0.25, -0.2) is 0 Å². The molecule has 31 heavy (non-hydrogen) atoms. The van der Waals surface area contributed by atoms with E-state index in [1.807, 2.05) is 22.0 Å². The number of carbonyl (C=O) groups is 3. The van der Waals surface area contributed by atoms with Crippen LogP contribution in [-0.4, -0.2) is 66.0 Å². The molecule has 1 spiro atoms. The van der Waals surface area contributed by atoms with Crippen molar-refractivity contribution in [2.24, 2.45) is 17.3 Å². The van der Waals surface area contributed by atoms with Gasteiger partial charge in [0, 0.05) is 26.2 Å². The number of aromatic nitrogens is 1. The molecule has 4 rings (SSSR count). The van der Waals surface area contributed by atoms with E-state index in [1.165, 1.54) is 7.11 Å². The van der Waals surface area contributed by atoms with E-state index in [2.05, 4.69) is 5.16 Å². The fraction of sp³-hybridized carbons (Fsp3) is 0.652. The van der Waals surface area contributed by atoms with Gasteiger partial charge in [-0.05, 0) is 51.4 Å². The Labute approximate surface area is 182 Å². The van der Waals surface area contributed by atoms with E-state index in [4.69, 9.17) is 9.26 Å². The van der Waals surface area contributed by atoms with Gasteiger partial charge in [-0.3, -0.25) is 14.4 Å². The molecular formula is C23H31N3O5. The second-order valence-corrected chi connectivity index (χ2v) is 9.18. The van der Waals surface area contributed by atoms with Crippen molar-refractivity contribution in [2.75, 3.05) is 33.3 Å². The third-order valence-electron chi connectivity index (χ3n) is 7.36. The second kappa shape index (κ2) is 8.48. The summed E-state index contributed by atoms with van der Waals surface area (Å²) in [4.78, 5) is 42.2. The van der Waals surface area contributed by atoms with Crippen molar-refractivity contribution in [3.8, 4) is 0 Å². The monoisotopic (exact) mass is 429 g/mol. The number of rotatable bonds is 3. The largest absolute Gasteiger partial charge is 0.469 e. The first kappa shape index (κ1) is 21.6. The molecule has 2 atom stereocenters. The fourth-order valence-corrected chi connectivity index (χ4v) is 5.40. The van der Waals surface area contributed by atoms with Crippen molar-refractivity contribution in [3.63, 3.8) is 0 Å². The lowest BCUT2D eigenvalue weighted by atomic mass is 9.77. The van der Waals surface area contributed by atoms with Crippen molar-refractivity contribution in [1.82, 2.24) is 15.0 Å². The average molecular weight is 430 g/mol. The standard InChI is InChI=1S/C23H31N3O5/c1-15-19(16(2)31-24-15)21(28)25-11-8-23(9-12-25)10-13-26(14-23)20(27)17-6-4-5-7-18(17)22(29)30-3/h4-5,17-18H,6-14H2,1-3H3. The zero-order valence-electron chi connectivity index (χ0n) is 18.6. The number of nitrogens with zero attached hydrogens (tertiary/aromatic N) is 3. The zero-order chi connectivity index (χ0) is 22.2. The molecule has 0 bridgehead atoms. The summed E-state index contributed by atoms with van der Waals surface area (Å²) in [5.41, 5.74) is 1.25. The molecule has 0 aromatic carbocycles. The molecule has 0 saturated carbocycles. The summed E-state index contributed by atoms with van der Waals surface area (Å²) in [6.07, 6.45) is 7.78. The smallest absolute Gasteiger partial charge is 0.309 e. The minimum atomic E-state index is -0.395. The molecule has 2 unspecified atom stereocenters. The summed E-state index contributed by atoms with van der Waals surface area (Å²) >= 11 is 0. The lowest BCUT2D eigenvalue weighted by Crippen LogP contribution is -2.46. The Morgan fingerprint density at radius 3 is 2.23 bits per heavy atom. The van der Waals surface area contributed by atoms with Crippen molar-refractivity contribution >= 4 is 17.8 Å². The van der Waals surface area contributed by atoms with Gasteiger partial charge in [-0.2, -0.15) is 0 Å². The summed E-state index contributed by atoms with van der Waals surface area (Å²) in [7, 11) is 1.38. The maximum absolute atomic E-state index is 13.3. The van der Waals surface area contributed by atoms with Gasteiger partial charge in [0.2, 0.25) is 5.91 Å². The lowest BCUT2D eigenvalue weighted by molar-refractivity contribution is -0.153. The maximum atomic E-state index is 13.3. The maximum Gasteiger partial charge on any atom is 0.309 e. The number of esters is 1. The van der Waals surface area contributed by atoms with Crippen molar-refractivity contribution in [2.45, 2.75) is 46.0 Å². The number of carbonyl (C=O) groups excluding carboxylic acids is 3. The van der Waals surface area contributed by atoms with Gasteiger partial charge >= 0.3 is 5.97 Å². The predicted octanol–water partition coefficient (Wildman–Crippen LogP) is 2.50. The van der Waals surface area contributed by atoms with Crippen molar-refractivity contribution < 1.29 is 23.6 Å². The molecule has 2 amide bonds. The number of likely N-dealkylation sites (tertiary alicyclic amines) is 2. The van der Waals surface area contributed by atoms with Crippen LogP contribution in [0.2, 0.25) is 0 Å². The van der Waals surface area contributed by atoms with Gasteiger partial charge in [0.1, 0.15) is 11.3 Å². The average Bonchev–Trinajstić information content (AvgIpc) is 3.35. The molecule has 3 heterocycles. The molecule has 168 valence electrons. The molecule has 8 heteroatoms. The number of allylic oxidation sites excluding steroid dienone is 2. The Balaban J connectivity index is 1.38. The van der Waals surface area contributed by atoms with Crippen LogP contribution in [-0.2, 0) is 14.3 Å². The van der Waals surface area contributed by atoms with E-state index in [1.54, 1.807) is 13.8 Å². The Hall–Kier alpha value is -2.64. The van der Waals surface area contributed by atoms with E-state index in [-0.39, 0.29) is 29.1 Å². The van der Waals surface area contributed by atoms with Crippen molar-refractivity contribution in [1.29, 1.82) is 0 Å². The minimum Gasteiger partial charge on any atom is -0.469 e. The number of piperidine rings is 1. The van der Waals surface area contributed by atoms with Crippen LogP contribution in [0.25, 0.3) is 0 Å². The molecule has 1 aliphatic carbocycles. The van der Waals surface area contributed by atoms with Gasteiger partial charge in [-0.15, -0.1) is 0 Å². The van der Waals surface area contributed by atoms with Crippen LogP contribution in [0.5, 0.6) is 0 Å². The number of amides is 2. The summed E-state index contributed by atoms with van der Waals surface area (Å²) in [5, 5.41) is 3.90. The van der Waals surface area contributed by atoms with Gasteiger partial charge in [0.05, 0.1) is 24.6 Å². The number of hydrogen-bond donors (Lipinski definition) is 0. The number of hydrogen-bond acceptors (Lipinski definition) is 6. The molecule has 8 nitrogen and oxygen atoms in total. The molecule has 1 aromatic heterocycles. The van der Waals surface area contributed by atoms with Gasteiger partial charge in [-0.1, -0.05) is 17.3 Å². The first-order chi connectivity index (χ1) is 14.8. The third kappa shape index (κ3) is 4.00. The van der Waals surface area contributed by atoms with E-state index < -0.39 is 5.92 Å². The highest BCUT2D eigenvalue weighted by molar-refractivity contribution is 5.96. The number of methoxy groups -OCH3 is 1. The molecule has 2 fully saturated rings. The molecule has 0 radical (unpaired) electrons. The first-order valence-electron chi connectivity index (χ1n) is 11.1. The third-order valence-corrected chi connectivity index (χ3v) is 7.36. The van der Waals surface area contributed by atoms with E-state index in [9.17, 15) is 14.4 Å². The highest BCUT2D eigenvalue weighted by Gasteiger charge is 2.46. The zero-order valence-corrected chi connectivity index (χ0v) is 18.6. The molecule has 2 saturated heterocycles. The summed E-state index contributed by atoms with van der Waals surface area (Å²) in [6, 6.07) is 0. The fourth-order valence-electron chi connectivity index (χ4n) is 5.40. The Morgan fingerprint density at radius 2 is 1.65 bits per heavy atom. The summed E-state index contributed by atoms with van der Waals surface area (Å²) in [6.45, 7) is 6.31. The number of aryl methyl sites for hydroxylation is 2. The topological polar surface area (TPSA) is 93.0 Å². The van der Waals surface area contributed by atoms with E-state index in [0.29, 0.717) is 56.0 Å². The van der Waals surface area contributed by atoms with Gasteiger partial charge < -0.3 is 19.1 Å². The SMILES string of the molecule is COC(=O)C1CC=CCC1C(=O)N1CCC2(CCN(C(=O)c3c(C)noc3C)CC2)C1. The van der Waals surface area contributed by atoms with Crippen molar-refractivity contribution in [3.05, 3.63) is 29.2 Å². The molecular weight excluding hydrogens is 398 g/mol. The summed E-state index contributed by atoms with van der Waals surface area (Å²) in [5.74, 6) is -0.440. The van der Waals surface area contributed by atoms with Gasteiger partial charge in [0.15, 0.2) is 0 Å². The summed E-state index contributed by atoms with van der Waals surface area (Å²) < 4.78 is 10.1. The molecule has 0 N–H and O–H groups in total. The quantitative estimate of drug-likeness (QED) is 0.541. The van der Waals surface area contributed by atoms with Crippen LogP contribution in [0.1, 0.15) is 53.9 Å². The number of ether oxygens (including phenoxy) is 1. The Bertz CT molecular complexity index is 878. The van der Waals surface area contributed by atoms with Crippen LogP contribution in [0, 0.1) is 31.1 Å². The second-order valence-electron chi connectivity index (χ2n) is 9.18.